The van der Waals surface area contributed by atoms with E-state index in [0.717, 1.165) is 28.1 Å². The van der Waals surface area contributed by atoms with Crippen LogP contribution in [0.4, 0.5) is 0 Å². The number of hydrogen-bond donors (Lipinski definition) is 1. The number of H-pyrrole nitrogens is 1. The minimum absolute atomic E-state index is 0.0429. The summed E-state index contributed by atoms with van der Waals surface area (Å²) in [4.78, 5) is 16.6. The Morgan fingerprint density at radius 2 is 1.37 bits per heavy atom. The third kappa shape index (κ3) is 3.40. The predicted molar refractivity (Wildman–Crippen MR) is 108 cm³/mol. The van der Waals surface area contributed by atoms with Gasteiger partial charge in [0.1, 0.15) is 5.75 Å². The van der Waals surface area contributed by atoms with Gasteiger partial charge >= 0.3 is 0 Å². The SMILES string of the molecule is COc1ccc(C(=O)c2[nH]c(-c3ccccc3)cc2-c2ccccc2)cc1. The van der Waals surface area contributed by atoms with Crippen molar-refractivity contribution in [2.75, 3.05) is 7.11 Å². The van der Waals surface area contributed by atoms with Gasteiger partial charge < -0.3 is 9.72 Å². The van der Waals surface area contributed by atoms with Gasteiger partial charge in [0.15, 0.2) is 0 Å². The largest absolute Gasteiger partial charge is 0.497 e. The van der Waals surface area contributed by atoms with Crippen LogP contribution < -0.4 is 4.74 Å². The molecule has 1 aromatic heterocycles. The van der Waals surface area contributed by atoms with E-state index in [-0.39, 0.29) is 5.78 Å². The number of ketones is 1. The summed E-state index contributed by atoms with van der Waals surface area (Å²) >= 11 is 0. The molecule has 0 saturated heterocycles. The molecule has 3 nitrogen and oxygen atoms in total. The van der Waals surface area contributed by atoms with Gasteiger partial charge in [-0.15, -0.1) is 0 Å². The molecule has 0 saturated carbocycles. The lowest BCUT2D eigenvalue weighted by atomic mass is 10.00. The van der Waals surface area contributed by atoms with E-state index in [2.05, 4.69) is 4.98 Å². The number of nitrogens with one attached hydrogen (secondary N) is 1. The van der Waals surface area contributed by atoms with E-state index >= 15 is 0 Å². The minimum Gasteiger partial charge on any atom is -0.497 e. The van der Waals surface area contributed by atoms with E-state index in [9.17, 15) is 4.79 Å². The van der Waals surface area contributed by atoms with Crippen molar-refractivity contribution in [3.63, 3.8) is 0 Å². The standard InChI is InChI=1S/C24H19NO2/c1-27-20-14-12-19(13-15-20)24(26)23-21(17-8-4-2-5-9-17)16-22(25-23)18-10-6-3-7-11-18/h2-16,25H,1H3. The summed E-state index contributed by atoms with van der Waals surface area (Å²) in [5.74, 6) is 0.685. The topological polar surface area (TPSA) is 42.1 Å². The van der Waals surface area contributed by atoms with Gasteiger partial charge in [-0.3, -0.25) is 4.79 Å². The molecular weight excluding hydrogens is 334 g/mol. The first-order valence-corrected chi connectivity index (χ1v) is 8.79. The fourth-order valence-electron chi connectivity index (χ4n) is 3.14. The molecule has 0 bridgehead atoms. The molecule has 27 heavy (non-hydrogen) atoms. The lowest BCUT2D eigenvalue weighted by molar-refractivity contribution is 0.103. The monoisotopic (exact) mass is 353 g/mol. The highest BCUT2D eigenvalue weighted by atomic mass is 16.5. The molecule has 0 aliphatic rings. The molecule has 3 aromatic carbocycles. The third-order valence-electron chi connectivity index (χ3n) is 4.57. The van der Waals surface area contributed by atoms with Crippen LogP contribution in [0.15, 0.2) is 91.0 Å². The lowest BCUT2D eigenvalue weighted by Crippen LogP contribution is -2.03. The van der Waals surface area contributed by atoms with Gasteiger partial charge in [0.05, 0.1) is 12.8 Å². The Labute approximate surface area is 158 Å². The highest BCUT2D eigenvalue weighted by Gasteiger charge is 2.19. The number of aromatic nitrogens is 1. The molecule has 1 N–H and O–H groups in total. The summed E-state index contributed by atoms with van der Waals surface area (Å²) in [5.41, 5.74) is 5.08. The Balaban J connectivity index is 1.82. The van der Waals surface area contributed by atoms with Crippen molar-refractivity contribution < 1.29 is 9.53 Å². The van der Waals surface area contributed by atoms with Crippen molar-refractivity contribution in [1.82, 2.24) is 4.98 Å². The molecule has 0 spiro atoms. The maximum Gasteiger partial charge on any atom is 0.209 e. The van der Waals surface area contributed by atoms with Crippen molar-refractivity contribution in [1.29, 1.82) is 0 Å². The second-order valence-corrected chi connectivity index (χ2v) is 6.26. The Morgan fingerprint density at radius 1 is 0.778 bits per heavy atom. The average Bonchev–Trinajstić information content (AvgIpc) is 3.20. The van der Waals surface area contributed by atoms with Gasteiger partial charge in [-0.2, -0.15) is 0 Å². The highest BCUT2D eigenvalue weighted by Crippen LogP contribution is 2.31. The van der Waals surface area contributed by atoms with Gasteiger partial charge in [-0.05, 0) is 41.5 Å². The molecule has 4 aromatic rings. The summed E-state index contributed by atoms with van der Waals surface area (Å²) in [5, 5.41) is 0. The first-order chi connectivity index (χ1) is 13.3. The Bertz CT molecular complexity index is 1050. The summed E-state index contributed by atoms with van der Waals surface area (Å²) in [7, 11) is 1.61. The van der Waals surface area contributed by atoms with E-state index in [0.29, 0.717) is 11.3 Å². The Hall–Kier alpha value is -3.59. The Kier molecular flexibility index (Phi) is 4.58. The smallest absolute Gasteiger partial charge is 0.209 e. The number of carbonyl (C=O) groups excluding carboxylic acids is 1. The molecule has 0 fully saturated rings. The van der Waals surface area contributed by atoms with Crippen LogP contribution in [0.25, 0.3) is 22.4 Å². The first-order valence-electron chi connectivity index (χ1n) is 8.79. The van der Waals surface area contributed by atoms with E-state index < -0.39 is 0 Å². The zero-order valence-corrected chi connectivity index (χ0v) is 15.0. The number of rotatable bonds is 5. The van der Waals surface area contributed by atoms with Crippen LogP contribution in [-0.4, -0.2) is 17.9 Å². The maximum absolute atomic E-state index is 13.2. The molecule has 0 amide bonds. The van der Waals surface area contributed by atoms with Gasteiger partial charge in [-0.25, -0.2) is 0 Å². The quantitative estimate of drug-likeness (QED) is 0.475. The summed E-state index contributed by atoms with van der Waals surface area (Å²) in [6, 6.07) is 29.2. The average molecular weight is 353 g/mol. The number of hydrogen-bond acceptors (Lipinski definition) is 2. The van der Waals surface area contributed by atoms with Crippen LogP contribution in [0.2, 0.25) is 0 Å². The number of carbonyl (C=O) groups is 1. The molecule has 0 unspecified atom stereocenters. The second-order valence-electron chi connectivity index (χ2n) is 6.26. The number of ether oxygens (including phenoxy) is 1. The molecule has 0 radical (unpaired) electrons. The Morgan fingerprint density at radius 3 is 1.96 bits per heavy atom. The van der Waals surface area contributed by atoms with Gasteiger partial charge in [0.2, 0.25) is 5.78 Å². The molecular formula is C24H19NO2. The van der Waals surface area contributed by atoms with Gasteiger partial charge in [-0.1, -0.05) is 60.7 Å². The van der Waals surface area contributed by atoms with Crippen molar-refractivity contribution in [2.45, 2.75) is 0 Å². The van der Waals surface area contributed by atoms with Crippen LogP contribution in [-0.2, 0) is 0 Å². The molecule has 0 aliphatic heterocycles. The molecule has 1 heterocycles. The molecule has 0 atom stereocenters. The van der Waals surface area contributed by atoms with Crippen LogP contribution in [0, 0.1) is 0 Å². The predicted octanol–water partition coefficient (Wildman–Crippen LogP) is 5.59. The van der Waals surface area contributed by atoms with Crippen LogP contribution in [0.1, 0.15) is 16.1 Å². The normalized spacial score (nSPS) is 10.6. The second kappa shape index (κ2) is 7.34. The van der Waals surface area contributed by atoms with E-state index in [4.69, 9.17) is 4.74 Å². The fourth-order valence-corrected chi connectivity index (χ4v) is 3.14. The van der Waals surface area contributed by atoms with Crippen LogP contribution >= 0.6 is 0 Å². The molecule has 4 rings (SSSR count). The lowest BCUT2D eigenvalue weighted by Gasteiger charge is -2.05. The highest BCUT2D eigenvalue weighted by molar-refractivity contribution is 6.12. The zero-order chi connectivity index (χ0) is 18.6. The van der Waals surface area contributed by atoms with Crippen LogP contribution in [0.3, 0.4) is 0 Å². The van der Waals surface area contributed by atoms with Crippen molar-refractivity contribution in [2.24, 2.45) is 0 Å². The van der Waals surface area contributed by atoms with E-state index in [1.54, 1.807) is 31.4 Å². The first kappa shape index (κ1) is 16.9. The number of aromatic amines is 1. The third-order valence-corrected chi connectivity index (χ3v) is 4.57. The molecule has 3 heteroatoms. The fraction of sp³-hybridized carbons (Fsp3) is 0.0417. The van der Waals surface area contributed by atoms with Crippen LogP contribution in [0.5, 0.6) is 5.75 Å². The number of benzene rings is 3. The van der Waals surface area contributed by atoms with Gasteiger partial charge in [0.25, 0.3) is 0 Å². The summed E-state index contributed by atoms with van der Waals surface area (Å²) in [6.45, 7) is 0. The summed E-state index contributed by atoms with van der Waals surface area (Å²) < 4.78 is 5.19. The van der Waals surface area contributed by atoms with E-state index in [1.165, 1.54) is 0 Å². The van der Waals surface area contributed by atoms with Crippen molar-refractivity contribution in [3.05, 3.63) is 102 Å². The molecule has 132 valence electrons. The van der Waals surface area contributed by atoms with Crippen molar-refractivity contribution in [3.8, 4) is 28.1 Å². The maximum atomic E-state index is 13.2. The minimum atomic E-state index is -0.0429. The van der Waals surface area contributed by atoms with Gasteiger partial charge in [0, 0.05) is 16.8 Å². The number of methoxy groups -OCH3 is 1. The molecule has 0 aliphatic carbocycles. The van der Waals surface area contributed by atoms with Crippen molar-refractivity contribution >= 4 is 5.78 Å². The summed E-state index contributed by atoms with van der Waals surface area (Å²) in [6.07, 6.45) is 0. The van der Waals surface area contributed by atoms with E-state index in [1.807, 2.05) is 66.7 Å². The zero-order valence-electron chi connectivity index (χ0n) is 15.0.